The molecule has 0 saturated heterocycles. The quantitative estimate of drug-likeness (QED) is 0.786. The van der Waals surface area contributed by atoms with Gasteiger partial charge in [-0.15, -0.1) is 5.10 Å². The Morgan fingerprint density at radius 3 is 2.28 bits per heavy atom. The number of nitrogens with zero attached hydrogens (tertiary/aromatic N) is 2. The summed E-state index contributed by atoms with van der Waals surface area (Å²) in [5.41, 5.74) is 0. The predicted octanol–water partition coefficient (Wildman–Crippen LogP) is 1.43. The minimum Gasteiger partial charge on any atom is -0.411 e. The van der Waals surface area contributed by atoms with Crippen molar-refractivity contribution >= 4 is 19.9 Å². The zero-order valence-electron chi connectivity index (χ0n) is 13.4. The number of hydrogen-bond acceptors (Lipinski definition) is 7. The molecule has 0 aliphatic rings. The monoisotopic (exact) mass is 395 g/mol. The van der Waals surface area contributed by atoms with Crippen molar-refractivity contribution in [3.05, 3.63) is 35.7 Å². The molecule has 0 saturated carbocycles. The summed E-state index contributed by atoms with van der Waals surface area (Å²) in [5.74, 6) is -2.84. The summed E-state index contributed by atoms with van der Waals surface area (Å²) >= 11 is 0. The second-order valence-electron chi connectivity index (χ2n) is 5.60. The molecular formula is C13H15F2N3O5S2. The average molecular weight is 395 g/mol. The Kier molecular flexibility index (Phi) is 5.25. The SMILES string of the molecule is CC(C)[C@H](NS(=O)(=O)c1cc(F)ccc1F)c1nnc(S(C)(=O)=O)o1. The number of hydrogen-bond donors (Lipinski definition) is 1. The molecule has 0 radical (unpaired) electrons. The van der Waals surface area contributed by atoms with Gasteiger partial charge in [-0.1, -0.05) is 18.9 Å². The van der Waals surface area contributed by atoms with Crippen molar-refractivity contribution in [1.29, 1.82) is 0 Å². The van der Waals surface area contributed by atoms with Gasteiger partial charge in [0.2, 0.25) is 25.8 Å². The molecule has 138 valence electrons. The van der Waals surface area contributed by atoms with Gasteiger partial charge in [-0.2, -0.15) is 4.72 Å². The summed E-state index contributed by atoms with van der Waals surface area (Å²) in [6.07, 6.45) is 0.848. The van der Waals surface area contributed by atoms with Gasteiger partial charge >= 0.3 is 5.22 Å². The smallest absolute Gasteiger partial charge is 0.335 e. The standard InChI is InChI=1S/C13H15F2N3O5S2/c1-7(2)11(12-16-17-13(23-12)24(3,19)20)18-25(21,22)10-6-8(14)4-5-9(10)15/h4-7,11,18H,1-3H3/t11-/m0/s1. The van der Waals surface area contributed by atoms with Gasteiger partial charge in [0.15, 0.2) is 0 Å². The van der Waals surface area contributed by atoms with Gasteiger partial charge in [-0.05, 0) is 24.1 Å². The minimum atomic E-state index is -4.47. The number of sulfonamides is 1. The Hall–Kier alpha value is -1.92. The molecule has 2 aromatic rings. The van der Waals surface area contributed by atoms with Crippen molar-refractivity contribution in [2.75, 3.05) is 6.26 Å². The molecule has 0 aliphatic carbocycles. The van der Waals surface area contributed by atoms with Crippen LogP contribution >= 0.6 is 0 Å². The number of aromatic nitrogens is 2. The third-order valence-electron chi connectivity index (χ3n) is 3.14. The fraction of sp³-hybridized carbons (Fsp3) is 0.385. The first-order chi connectivity index (χ1) is 11.4. The highest BCUT2D eigenvalue weighted by molar-refractivity contribution is 7.90. The number of halogens is 2. The van der Waals surface area contributed by atoms with Crippen molar-refractivity contribution in [1.82, 2.24) is 14.9 Å². The second kappa shape index (κ2) is 6.77. The Labute approximate surface area is 143 Å². The van der Waals surface area contributed by atoms with Crippen LogP contribution in [0.1, 0.15) is 25.8 Å². The van der Waals surface area contributed by atoms with Gasteiger partial charge in [-0.3, -0.25) is 0 Å². The fourth-order valence-electron chi connectivity index (χ4n) is 1.88. The lowest BCUT2D eigenvalue weighted by Crippen LogP contribution is -2.32. The van der Waals surface area contributed by atoms with E-state index in [1.807, 2.05) is 0 Å². The normalized spacial score (nSPS) is 14.0. The zero-order valence-corrected chi connectivity index (χ0v) is 15.0. The fourth-order valence-corrected chi connectivity index (χ4v) is 3.73. The van der Waals surface area contributed by atoms with Gasteiger partial charge in [0.1, 0.15) is 22.6 Å². The van der Waals surface area contributed by atoms with Crippen LogP contribution in [-0.4, -0.2) is 33.3 Å². The molecule has 0 amide bonds. The van der Waals surface area contributed by atoms with E-state index < -0.39 is 53.6 Å². The van der Waals surface area contributed by atoms with Crippen LogP contribution in [0, 0.1) is 17.6 Å². The van der Waals surface area contributed by atoms with Crippen LogP contribution in [0.3, 0.4) is 0 Å². The van der Waals surface area contributed by atoms with Crippen LogP contribution in [0.15, 0.2) is 32.7 Å². The summed E-state index contributed by atoms with van der Waals surface area (Å²) in [6, 6.07) is 0.855. The van der Waals surface area contributed by atoms with Gasteiger partial charge in [-0.25, -0.2) is 25.6 Å². The molecule has 1 N–H and O–H groups in total. The van der Waals surface area contributed by atoms with Gasteiger partial charge in [0.25, 0.3) is 0 Å². The van der Waals surface area contributed by atoms with Crippen LogP contribution in [0.4, 0.5) is 8.78 Å². The molecule has 2 rings (SSSR count). The van der Waals surface area contributed by atoms with Crippen LogP contribution in [-0.2, 0) is 19.9 Å². The van der Waals surface area contributed by atoms with Crippen LogP contribution in [0.25, 0.3) is 0 Å². The summed E-state index contributed by atoms with van der Waals surface area (Å²) in [7, 11) is -8.25. The van der Waals surface area contributed by atoms with E-state index in [1.165, 1.54) is 0 Å². The van der Waals surface area contributed by atoms with Crippen molar-refractivity contribution in [2.24, 2.45) is 5.92 Å². The van der Waals surface area contributed by atoms with Gasteiger partial charge in [0, 0.05) is 6.26 Å². The summed E-state index contributed by atoms with van der Waals surface area (Å²) < 4.78 is 81.7. The third-order valence-corrected chi connectivity index (χ3v) is 5.39. The molecule has 0 unspecified atom stereocenters. The molecule has 0 fully saturated rings. The Morgan fingerprint density at radius 1 is 1.12 bits per heavy atom. The highest BCUT2D eigenvalue weighted by atomic mass is 32.2. The van der Waals surface area contributed by atoms with Crippen molar-refractivity contribution < 1.29 is 30.0 Å². The van der Waals surface area contributed by atoms with E-state index in [9.17, 15) is 25.6 Å². The molecule has 1 heterocycles. The first-order valence-electron chi connectivity index (χ1n) is 6.92. The first-order valence-corrected chi connectivity index (χ1v) is 10.3. The van der Waals surface area contributed by atoms with Crippen molar-refractivity contribution in [3.8, 4) is 0 Å². The zero-order chi connectivity index (χ0) is 19.0. The topological polar surface area (TPSA) is 119 Å². The highest BCUT2D eigenvalue weighted by Gasteiger charge is 2.31. The maximum atomic E-state index is 13.8. The highest BCUT2D eigenvalue weighted by Crippen LogP contribution is 2.25. The van der Waals surface area contributed by atoms with Crippen molar-refractivity contribution in [3.63, 3.8) is 0 Å². The van der Waals surface area contributed by atoms with Gasteiger partial charge in [0.05, 0.1) is 0 Å². The van der Waals surface area contributed by atoms with E-state index in [0.717, 1.165) is 12.3 Å². The number of rotatable bonds is 6. The van der Waals surface area contributed by atoms with E-state index in [4.69, 9.17) is 4.42 Å². The van der Waals surface area contributed by atoms with Crippen LogP contribution in [0.2, 0.25) is 0 Å². The Balaban J connectivity index is 2.42. The second-order valence-corrected chi connectivity index (χ2v) is 9.17. The molecule has 1 atom stereocenters. The lowest BCUT2D eigenvalue weighted by Gasteiger charge is -2.19. The lowest BCUT2D eigenvalue weighted by atomic mass is 10.1. The third kappa shape index (κ3) is 4.38. The molecule has 8 nitrogen and oxygen atoms in total. The van der Waals surface area contributed by atoms with Crippen molar-refractivity contribution in [2.45, 2.75) is 30.0 Å². The summed E-state index contributed by atoms with van der Waals surface area (Å²) in [6.45, 7) is 3.19. The predicted molar refractivity (Wildman–Crippen MR) is 81.7 cm³/mol. The average Bonchev–Trinajstić information content (AvgIpc) is 2.96. The van der Waals surface area contributed by atoms with E-state index in [0.29, 0.717) is 12.1 Å². The molecule has 0 aliphatic heterocycles. The van der Waals surface area contributed by atoms with E-state index in [-0.39, 0.29) is 5.89 Å². The Bertz CT molecular complexity index is 987. The largest absolute Gasteiger partial charge is 0.411 e. The Morgan fingerprint density at radius 2 is 1.76 bits per heavy atom. The number of benzene rings is 1. The van der Waals surface area contributed by atoms with E-state index in [1.54, 1.807) is 13.8 Å². The molecule has 1 aromatic heterocycles. The summed E-state index contributed by atoms with van der Waals surface area (Å²) in [5, 5.41) is 6.21. The maximum Gasteiger partial charge on any atom is 0.335 e. The maximum absolute atomic E-state index is 13.8. The molecule has 25 heavy (non-hydrogen) atoms. The lowest BCUT2D eigenvalue weighted by molar-refractivity contribution is 0.327. The minimum absolute atomic E-state index is 0.309. The van der Waals surface area contributed by atoms with Gasteiger partial charge < -0.3 is 4.42 Å². The molecular weight excluding hydrogens is 380 g/mol. The van der Waals surface area contributed by atoms with Crippen LogP contribution in [0.5, 0.6) is 0 Å². The molecule has 0 spiro atoms. The summed E-state index contributed by atoms with van der Waals surface area (Å²) in [4.78, 5) is -0.888. The number of sulfone groups is 1. The molecule has 0 bridgehead atoms. The van der Waals surface area contributed by atoms with E-state index in [2.05, 4.69) is 14.9 Å². The molecule has 1 aromatic carbocycles. The first kappa shape index (κ1) is 19.4. The van der Waals surface area contributed by atoms with Crippen LogP contribution < -0.4 is 4.72 Å². The molecule has 12 heteroatoms. The number of nitrogens with one attached hydrogen (secondary N) is 1. The van der Waals surface area contributed by atoms with E-state index >= 15 is 0 Å².